The molecule has 0 aliphatic rings. The SMILES string of the molecule is CCOc1cccc(NC(=O)/C(C#N)=C/c2ccc(O)c(OCC)c2)c1. The quantitative estimate of drug-likeness (QED) is 0.585. The molecule has 0 unspecified atom stereocenters. The van der Waals surface area contributed by atoms with Crippen molar-refractivity contribution in [1.82, 2.24) is 0 Å². The van der Waals surface area contributed by atoms with E-state index in [0.29, 0.717) is 36.0 Å². The average Bonchev–Trinajstić information content (AvgIpc) is 2.63. The van der Waals surface area contributed by atoms with Gasteiger partial charge < -0.3 is 19.9 Å². The maximum absolute atomic E-state index is 12.4. The summed E-state index contributed by atoms with van der Waals surface area (Å²) in [5, 5.41) is 21.7. The molecule has 2 rings (SSSR count). The van der Waals surface area contributed by atoms with E-state index in [4.69, 9.17) is 9.47 Å². The molecule has 0 radical (unpaired) electrons. The summed E-state index contributed by atoms with van der Waals surface area (Å²) in [6, 6.07) is 13.4. The minimum atomic E-state index is -0.535. The Kier molecular flexibility index (Phi) is 6.63. The smallest absolute Gasteiger partial charge is 0.266 e. The molecule has 26 heavy (non-hydrogen) atoms. The molecule has 0 bridgehead atoms. The summed E-state index contributed by atoms with van der Waals surface area (Å²) in [6.07, 6.45) is 1.43. The van der Waals surface area contributed by atoms with Gasteiger partial charge in [-0.25, -0.2) is 0 Å². The van der Waals surface area contributed by atoms with Crippen LogP contribution in [-0.4, -0.2) is 24.2 Å². The summed E-state index contributed by atoms with van der Waals surface area (Å²) in [5.74, 6) is 0.392. The number of carbonyl (C=O) groups is 1. The summed E-state index contributed by atoms with van der Waals surface area (Å²) in [5.41, 5.74) is 1.03. The van der Waals surface area contributed by atoms with E-state index in [1.54, 1.807) is 43.3 Å². The molecule has 2 aromatic rings. The normalized spacial score (nSPS) is 10.7. The van der Waals surface area contributed by atoms with E-state index in [1.807, 2.05) is 13.0 Å². The van der Waals surface area contributed by atoms with Crippen molar-refractivity contribution in [2.45, 2.75) is 13.8 Å². The number of nitriles is 1. The second kappa shape index (κ2) is 9.14. The Morgan fingerprint density at radius 2 is 1.96 bits per heavy atom. The maximum atomic E-state index is 12.4. The predicted molar refractivity (Wildman–Crippen MR) is 99.1 cm³/mol. The first-order valence-corrected chi connectivity index (χ1v) is 8.19. The summed E-state index contributed by atoms with van der Waals surface area (Å²) >= 11 is 0. The van der Waals surface area contributed by atoms with Crippen molar-refractivity contribution in [2.24, 2.45) is 0 Å². The largest absolute Gasteiger partial charge is 0.504 e. The molecule has 0 heterocycles. The number of anilines is 1. The second-order valence-corrected chi connectivity index (χ2v) is 5.24. The van der Waals surface area contributed by atoms with Crippen LogP contribution in [0.15, 0.2) is 48.0 Å². The Bertz CT molecular complexity index is 853. The van der Waals surface area contributed by atoms with E-state index in [1.165, 1.54) is 12.1 Å². The van der Waals surface area contributed by atoms with Gasteiger partial charge in [-0.05, 0) is 49.8 Å². The molecule has 6 heteroatoms. The molecule has 0 saturated heterocycles. The average molecular weight is 352 g/mol. The van der Waals surface area contributed by atoms with E-state index < -0.39 is 5.91 Å². The monoisotopic (exact) mass is 352 g/mol. The third-order valence-corrected chi connectivity index (χ3v) is 3.36. The number of hydrogen-bond acceptors (Lipinski definition) is 5. The van der Waals surface area contributed by atoms with Crippen LogP contribution in [0, 0.1) is 11.3 Å². The van der Waals surface area contributed by atoms with Crippen molar-refractivity contribution in [2.75, 3.05) is 18.5 Å². The van der Waals surface area contributed by atoms with Crippen LogP contribution >= 0.6 is 0 Å². The van der Waals surface area contributed by atoms with Gasteiger partial charge >= 0.3 is 0 Å². The van der Waals surface area contributed by atoms with Gasteiger partial charge in [0, 0.05) is 11.8 Å². The lowest BCUT2D eigenvalue weighted by atomic mass is 10.1. The fourth-order valence-corrected chi connectivity index (χ4v) is 2.24. The van der Waals surface area contributed by atoms with Crippen molar-refractivity contribution in [1.29, 1.82) is 5.26 Å². The minimum absolute atomic E-state index is 0.000279. The second-order valence-electron chi connectivity index (χ2n) is 5.24. The van der Waals surface area contributed by atoms with Crippen LogP contribution in [0.5, 0.6) is 17.2 Å². The van der Waals surface area contributed by atoms with Gasteiger partial charge in [-0.1, -0.05) is 12.1 Å². The van der Waals surface area contributed by atoms with E-state index in [2.05, 4.69) is 5.32 Å². The van der Waals surface area contributed by atoms with Crippen LogP contribution in [0.25, 0.3) is 6.08 Å². The molecular weight excluding hydrogens is 332 g/mol. The molecular formula is C20H20N2O4. The zero-order valence-corrected chi connectivity index (χ0v) is 14.7. The number of benzene rings is 2. The Morgan fingerprint density at radius 3 is 2.65 bits per heavy atom. The van der Waals surface area contributed by atoms with Crippen molar-refractivity contribution < 1.29 is 19.4 Å². The van der Waals surface area contributed by atoms with Crippen molar-refractivity contribution in [3.8, 4) is 23.3 Å². The number of phenols is 1. The fraction of sp³-hybridized carbons (Fsp3) is 0.200. The summed E-state index contributed by atoms with van der Waals surface area (Å²) in [7, 11) is 0. The number of phenolic OH excluding ortho intramolecular Hbond substituents is 1. The number of carbonyl (C=O) groups excluding carboxylic acids is 1. The molecule has 2 aromatic carbocycles. The van der Waals surface area contributed by atoms with Crippen molar-refractivity contribution >= 4 is 17.7 Å². The van der Waals surface area contributed by atoms with Gasteiger partial charge in [0.05, 0.1) is 13.2 Å². The number of nitrogens with zero attached hydrogens (tertiary/aromatic N) is 1. The summed E-state index contributed by atoms with van der Waals surface area (Å²) in [6.45, 7) is 4.58. The number of nitrogens with one attached hydrogen (secondary N) is 1. The Hall–Kier alpha value is -3.46. The minimum Gasteiger partial charge on any atom is -0.504 e. The Balaban J connectivity index is 2.21. The molecule has 0 aromatic heterocycles. The Labute approximate surface area is 152 Å². The third-order valence-electron chi connectivity index (χ3n) is 3.36. The van der Waals surface area contributed by atoms with Crippen LogP contribution in [0.4, 0.5) is 5.69 Å². The van der Waals surface area contributed by atoms with Gasteiger partial charge in [-0.3, -0.25) is 4.79 Å². The third kappa shape index (κ3) is 5.02. The highest BCUT2D eigenvalue weighted by molar-refractivity contribution is 6.09. The number of rotatable bonds is 7. The molecule has 0 spiro atoms. The lowest BCUT2D eigenvalue weighted by molar-refractivity contribution is -0.112. The van der Waals surface area contributed by atoms with Gasteiger partial charge in [0.1, 0.15) is 17.4 Å². The highest BCUT2D eigenvalue weighted by Gasteiger charge is 2.11. The molecule has 2 N–H and O–H groups in total. The van der Waals surface area contributed by atoms with Crippen LogP contribution in [0.3, 0.4) is 0 Å². The van der Waals surface area contributed by atoms with Crippen molar-refractivity contribution in [3.63, 3.8) is 0 Å². The zero-order valence-electron chi connectivity index (χ0n) is 14.7. The van der Waals surface area contributed by atoms with E-state index in [0.717, 1.165) is 0 Å². The highest BCUT2D eigenvalue weighted by Crippen LogP contribution is 2.28. The standard InChI is InChI=1S/C20H20N2O4/c1-3-25-17-7-5-6-16(12-17)22-20(24)15(13-21)10-14-8-9-18(23)19(11-14)26-4-2/h5-12,23H,3-4H2,1-2H3,(H,22,24)/b15-10+. The van der Waals surface area contributed by atoms with Crippen LogP contribution in [0.1, 0.15) is 19.4 Å². The maximum Gasteiger partial charge on any atom is 0.266 e. The van der Waals surface area contributed by atoms with Crippen LogP contribution < -0.4 is 14.8 Å². The molecule has 0 aliphatic heterocycles. The van der Waals surface area contributed by atoms with Crippen LogP contribution in [0.2, 0.25) is 0 Å². The molecule has 0 atom stereocenters. The fourth-order valence-electron chi connectivity index (χ4n) is 2.24. The lowest BCUT2D eigenvalue weighted by Crippen LogP contribution is -2.13. The molecule has 6 nitrogen and oxygen atoms in total. The van der Waals surface area contributed by atoms with Gasteiger partial charge in [0.2, 0.25) is 0 Å². The first kappa shape index (κ1) is 18.9. The van der Waals surface area contributed by atoms with E-state index >= 15 is 0 Å². The van der Waals surface area contributed by atoms with Gasteiger partial charge in [-0.2, -0.15) is 5.26 Å². The van der Waals surface area contributed by atoms with Crippen molar-refractivity contribution in [3.05, 3.63) is 53.6 Å². The Morgan fingerprint density at radius 1 is 1.19 bits per heavy atom. The first-order valence-electron chi connectivity index (χ1n) is 8.19. The van der Waals surface area contributed by atoms with E-state index in [-0.39, 0.29) is 11.3 Å². The van der Waals surface area contributed by atoms with Crippen LogP contribution in [-0.2, 0) is 4.79 Å². The number of ether oxygens (including phenoxy) is 2. The van der Waals surface area contributed by atoms with E-state index in [9.17, 15) is 15.2 Å². The molecule has 1 amide bonds. The highest BCUT2D eigenvalue weighted by atomic mass is 16.5. The summed E-state index contributed by atoms with van der Waals surface area (Å²) in [4.78, 5) is 12.4. The molecule has 0 aliphatic carbocycles. The number of aromatic hydroxyl groups is 1. The predicted octanol–water partition coefficient (Wildman–Crippen LogP) is 3.74. The van der Waals surface area contributed by atoms with Gasteiger partial charge in [-0.15, -0.1) is 0 Å². The first-order chi connectivity index (χ1) is 12.6. The number of amides is 1. The van der Waals surface area contributed by atoms with Gasteiger partial charge in [0.15, 0.2) is 11.5 Å². The van der Waals surface area contributed by atoms with Gasteiger partial charge in [0.25, 0.3) is 5.91 Å². The summed E-state index contributed by atoms with van der Waals surface area (Å²) < 4.78 is 10.7. The molecule has 134 valence electrons. The zero-order chi connectivity index (χ0) is 18.9. The topological polar surface area (TPSA) is 91.6 Å². The molecule has 0 saturated carbocycles. The number of hydrogen-bond donors (Lipinski definition) is 2. The molecule has 0 fully saturated rings. The lowest BCUT2D eigenvalue weighted by Gasteiger charge is -2.08.